The van der Waals surface area contributed by atoms with E-state index in [-0.39, 0.29) is 11.2 Å². The van der Waals surface area contributed by atoms with Crippen molar-refractivity contribution in [1.82, 2.24) is 14.5 Å². The molecular weight excluding hydrogens is 258 g/mol. The number of hydrogen-bond acceptors (Lipinski definition) is 4. The number of benzene rings is 1. The summed E-state index contributed by atoms with van der Waals surface area (Å²) in [6, 6.07) is 5.18. The highest BCUT2D eigenvalue weighted by atomic mass is 16.5. The van der Waals surface area contributed by atoms with Gasteiger partial charge in [0, 0.05) is 32.6 Å². The van der Waals surface area contributed by atoms with Crippen molar-refractivity contribution in [2.45, 2.75) is 6.54 Å². The zero-order valence-electron chi connectivity index (χ0n) is 11.5. The summed E-state index contributed by atoms with van der Waals surface area (Å²) in [5, 5.41) is 3.66. The van der Waals surface area contributed by atoms with Gasteiger partial charge in [0.25, 0.3) is 5.56 Å². The smallest absolute Gasteiger partial charge is 0.331 e. The van der Waals surface area contributed by atoms with Crippen LogP contribution in [0, 0.1) is 5.92 Å². The first-order valence-electron chi connectivity index (χ1n) is 6.60. The summed E-state index contributed by atoms with van der Waals surface area (Å²) < 4.78 is 8.00. The zero-order chi connectivity index (χ0) is 14.3. The van der Waals surface area contributed by atoms with Crippen LogP contribution in [0.15, 0.2) is 27.8 Å². The molecule has 1 saturated heterocycles. The number of rotatable bonds is 3. The lowest BCUT2D eigenvalue weighted by atomic mass is 10.0. The molecule has 106 valence electrons. The highest BCUT2D eigenvalue weighted by molar-refractivity contribution is 5.79. The fraction of sp³-hybridized carbons (Fsp3) is 0.429. The number of ether oxygens (including phenoxy) is 1. The molecule has 0 atom stereocenters. The normalized spacial score (nSPS) is 15.3. The van der Waals surface area contributed by atoms with Gasteiger partial charge in [0.2, 0.25) is 0 Å². The summed E-state index contributed by atoms with van der Waals surface area (Å²) >= 11 is 0. The van der Waals surface area contributed by atoms with Gasteiger partial charge in [0.1, 0.15) is 5.75 Å². The van der Waals surface area contributed by atoms with Crippen LogP contribution in [0.25, 0.3) is 10.9 Å². The molecule has 0 spiro atoms. The summed E-state index contributed by atoms with van der Waals surface area (Å²) in [4.78, 5) is 24.8. The number of aryl methyl sites for hydroxylation is 1. The van der Waals surface area contributed by atoms with Crippen LogP contribution in [0.1, 0.15) is 0 Å². The van der Waals surface area contributed by atoms with E-state index in [1.165, 1.54) is 9.13 Å². The Labute approximate surface area is 115 Å². The van der Waals surface area contributed by atoms with Gasteiger partial charge in [0.05, 0.1) is 18.0 Å². The third kappa shape index (κ3) is 1.92. The average Bonchev–Trinajstić information content (AvgIpc) is 2.42. The number of hydrogen-bond donors (Lipinski definition) is 1. The molecule has 1 N–H and O–H groups in total. The number of fused-ring (bicyclic) bond motifs is 1. The molecule has 0 amide bonds. The van der Waals surface area contributed by atoms with Crippen LogP contribution in [0.5, 0.6) is 5.75 Å². The van der Waals surface area contributed by atoms with Gasteiger partial charge in [-0.1, -0.05) is 0 Å². The maximum Gasteiger partial charge on any atom is 0.331 e. The molecule has 1 fully saturated rings. The third-order valence-electron chi connectivity index (χ3n) is 3.87. The summed E-state index contributed by atoms with van der Waals surface area (Å²) in [5.74, 6) is 0.966. The fourth-order valence-electron chi connectivity index (χ4n) is 2.52. The Morgan fingerprint density at radius 2 is 2.10 bits per heavy atom. The fourth-order valence-corrected chi connectivity index (χ4v) is 2.52. The van der Waals surface area contributed by atoms with E-state index in [1.807, 2.05) is 0 Å². The molecular formula is C14H17N3O3. The first kappa shape index (κ1) is 12.9. The van der Waals surface area contributed by atoms with Crippen molar-refractivity contribution in [3.63, 3.8) is 0 Å². The molecule has 6 heteroatoms. The quantitative estimate of drug-likeness (QED) is 0.851. The van der Waals surface area contributed by atoms with Crippen LogP contribution in [-0.2, 0) is 13.6 Å². The van der Waals surface area contributed by atoms with Gasteiger partial charge in [-0.25, -0.2) is 4.79 Å². The van der Waals surface area contributed by atoms with Gasteiger partial charge in [-0.05, 0) is 18.2 Å². The summed E-state index contributed by atoms with van der Waals surface area (Å²) in [5.41, 5.74) is 0.122. The molecule has 0 radical (unpaired) electrons. The molecule has 1 aliphatic rings. The van der Waals surface area contributed by atoms with Crippen molar-refractivity contribution < 1.29 is 4.74 Å². The lowest BCUT2D eigenvalue weighted by Gasteiger charge is -2.27. The van der Waals surface area contributed by atoms with E-state index in [2.05, 4.69) is 5.32 Å². The predicted molar refractivity (Wildman–Crippen MR) is 76.4 cm³/mol. The van der Waals surface area contributed by atoms with Gasteiger partial charge >= 0.3 is 5.69 Å². The van der Waals surface area contributed by atoms with Crippen molar-refractivity contribution in [1.29, 1.82) is 0 Å². The van der Waals surface area contributed by atoms with Gasteiger partial charge in [-0.2, -0.15) is 0 Å². The molecule has 0 saturated carbocycles. The van der Waals surface area contributed by atoms with Gasteiger partial charge in [0.15, 0.2) is 0 Å². The van der Waals surface area contributed by atoms with E-state index in [0.29, 0.717) is 29.1 Å². The van der Waals surface area contributed by atoms with E-state index in [9.17, 15) is 9.59 Å². The molecule has 3 rings (SSSR count). The van der Waals surface area contributed by atoms with Gasteiger partial charge in [-0.15, -0.1) is 0 Å². The Balaban J connectivity index is 2.23. The van der Waals surface area contributed by atoms with Crippen molar-refractivity contribution in [2.24, 2.45) is 13.0 Å². The maximum absolute atomic E-state index is 12.5. The summed E-state index contributed by atoms with van der Waals surface area (Å²) in [7, 11) is 3.24. The molecule has 2 aromatic rings. The highest BCUT2D eigenvalue weighted by Crippen LogP contribution is 2.16. The highest BCUT2D eigenvalue weighted by Gasteiger charge is 2.20. The molecule has 6 nitrogen and oxygen atoms in total. The largest absolute Gasteiger partial charge is 0.497 e. The minimum Gasteiger partial charge on any atom is -0.497 e. The standard InChI is InChI=1S/C14H17N3O3/c1-16-12-4-3-10(20-2)5-11(12)13(18)17(14(16)19)8-9-6-15-7-9/h3-5,9,15H,6-8H2,1-2H3. The second-order valence-corrected chi connectivity index (χ2v) is 5.16. The van der Waals surface area contributed by atoms with Crippen molar-refractivity contribution >= 4 is 10.9 Å². The first-order chi connectivity index (χ1) is 9.61. The SMILES string of the molecule is COc1ccc2c(c1)c(=O)n(CC1CNC1)c(=O)n2C. The van der Waals surface area contributed by atoms with Crippen LogP contribution in [0.2, 0.25) is 0 Å². The predicted octanol–water partition coefficient (Wildman–Crippen LogP) is -0.0718. The summed E-state index contributed by atoms with van der Waals surface area (Å²) in [6.45, 7) is 2.17. The molecule has 20 heavy (non-hydrogen) atoms. The Bertz CT molecular complexity index is 772. The Hall–Kier alpha value is -2.08. The Kier molecular flexibility index (Phi) is 3.10. The van der Waals surface area contributed by atoms with E-state index in [4.69, 9.17) is 4.74 Å². The van der Waals surface area contributed by atoms with E-state index in [1.54, 1.807) is 32.4 Å². The lowest BCUT2D eigenvalue weighted by molar-refractivity contribution is 0.298. The Morgan fingerprint density at radius 1 is 1.35 bits per heavy atom. The lowest BCUT2D eigenvalue weighted by Crippen LogP contribution is -2.49. The maximum atomic E-state index is 12.5. The number of aromatic nitrogens is 2. The molecule has 2 heterocycles. The topological polar surface area (TPSA) is 65.3 Å². The summed E-state index contributed by atoms with van der Waals surface area (Å²) in [6.07, 6.45) is 0. The number of methoxy groups -OCH3 is 1. The van der Waals surface area contributed by atoms with Crippen molar-refractivity contribution in [3.8, 4) is 5.75 Å². The van der Waals surface area contributed by atoms with Crippen LogP contribution in [0.4, 0.5) is 0 Å². The Morgan fingerprint density at radius 3 is 2.70 bits per heavy atom. The van der Waals surface area contributed by atoms with Crippen molar-refractivity contribution in [3.05, 3.63) is 39.0 Å². The zero-order valence-corrected chi connectivity index (χ0v) is 11.5. The second-order valence-electron chi connectivity index (χ2n) is 5.16. The van der Waals surface area contributed by atoms with Gasteiger partial charge in [-0.3, -0.25) is 13.9 Å². The number of nitrogens with one attached hydrogen (secondary N) is 1. The molecule has 0 unspecified atom stereocenters. The van der Waals surface area contributed by atoms with Crippen LogP contribution in [0.3, 0.4) is 0 Å². The minimum absolute atomic E-state index is 0.242. The second kappa shape index (κ2) is 4.79. The minimum atomic E-state index is -0.264. The molecule has 1 aromatic carbocycles. The molecule has 0 bridgehead atoms. The van der Waals surface area contributed by atoms with Crippen LogP contribution in [-0.4, -0.2) is 29.3 Å². The van der Waals surface area contributed by atoms with Gasteiger partial charge < -0.3 is 10.1 Å². The molecule has 1 aromatic heterocycles. The van der Waals surface area contributed by atoms with Crippen LogP contribution >= 0.6 is 0 Å². The molecule has 0 aliphatic carbocycles. The monoisotopic (exact) mass is 275 g/mol. The number of nitrogens with zero attached hydrogens (tertiary/aromatic N) is 2. The van der Waals surface area contributed by atoms with E-state index >= 15 is 0 Å². The van der Waals surface area contributed by atoms with Crippen molar-refractivity contribution in [2.75, 3.05) is 20.2 Å². The van der Waals surface area contributed by atoms with E-state index < -0.39 is 0 Å². The third-order valence-corrected chi connectivity index (χ3v) is 3.87. The van der Waals surface area contributed by atoms with Crippen LogP contribution < -0.4 is 21.3 Å². The first-order valence-corrected chi connectivity index (χ1v) is 6.60. The average molecular weight is 275 g/mol. The molecule has 1 aliphatic heterocycles. The van der Waals surface area contributed by atoms with E-state index in [0.717, 1.165) is 13.1 Å².